The molecule has 27 heavy (non-hydrogen) atoms. The van der Waals surface area contributed by atoms with Crippen molar-refractivity contribution in [2.24, 2.45) is 22.8 Å². The van der Waals surface area contributed by atoms with Gasteiger partial charge in [0.2, 0.25) is 5.66 Å². The van der Waals surface area contributed by atoms with E-state index in [-0.39, 0.29) is 0 Å². The zero-order valence-electron chi connectivity index (χ0n) is 15.5. The Balaban J connectivity index is 1.88. The topological polar surface area (TPSA) is 77.8 Å². The van der Waals surface area contributed by atoms with Crippen LogP contribution in [0.5, 0.6) is 5.75 Å². The lowest BCUT2D eigenvalue weighted by molar-refractivity contribution is 0.415. The van der Waals surface area contributed by atoms with Crippen LogP contribution >= 0.6 is 0 Å². The number of hydrogen-bond acceptors (Lipinski definition) is 5. The number of aromatic nitrogens is 2. The number of aryl methyl sites for hydroxylation is 1. The largest absolute Gasteiger partial charge is 0.497 e. The van der Waals surface area contributed by atoms with Gasteiger partial charge in [-0.15, -0.1) is 0 Å². The van der Waals surface area contributed by atoms with Crippen molar-refractivity contribution in [1.29, 1.82) is 0 Å². The first kappa shape index (κ1) is 17.0. The number of amidine groups is 1. The van der Waals surface area contributed by atoms with Crippen molar-refractivity contribution in [2.45, 2.75) is 12.6 Å². The van der Waals surface area contributed by atoms with Crippen molar-refractivity contribution < 1.29 is 4.74 Å². The van der Waals surface area contributed by atoms with Gasteiger partial charge in [0.05, 0.1) is 19.0 Å². The molecular weight excluding hydrogens is 338 g/mol. The maximum Gasteiger partial charge on any atom is 0.207 e. The van der Waals surface area contributed by atoms with Crippen molar-refractivity contribution in [1.82, 2.24) is 9.78 Å². The van der Waals surface area contributed by atoms with Crippen LogP contribution in [0.25, 0.3) is 11.1 Å². The van der Waals surface area contributed by atoms with E-state index < -0.39 is 5.66 Å². The molecule has 1 aliphatic heterocycles. The molecule has 0 amide bonds. The summed E-state index contributed by atoms with van der Waals surface area (Å²) < 4.78 is 7.10. The Morgan fingerprint density at radius 2 is 1.74 bits per heavy atom. The monoisotopic (exact) mass is 359 g/mol. The molecule has 1 unspecified atom stereocenters. The average Bonchev–Trinajstić information content (AvgIpc) is 3.26. The van der Waals surface area contributed by atoms with E-state index in [0.29, 0.717) is 5.84 Å². The highest BCUT2D eigenvalue weighted by molar-refractivity contribution is 6.41. The number of aliphatic imine (C=N–C) groups is 2. The van der Waals surface area contributed by atoms with Gasteiger partial charge in [-0.3, -0.25) is 4.68 Å². The molecule has 1 atom stereocenters. The van der Waals surface area contributed by atoms with Crippen LogP contribution < -0.4 is 10.5 Å². The molecule has 4 rings (SSSR count). The summed E-state index contributed by atoms with van der Waals surface area (Å²) in [7, 11) is 3.54. The van der Waals surface area contributed by atoms with E-state index in [1.165, 1.54) is 0 Å². The molecule has 1 aliphatic rings. The summed E-state index contributed by atoms with van der Waals surface area (Å²) in [6.07, 6.45) is 3.72. The van der Waals surface area contributed by atoms with E-state index in [0.717, 1.165) is 33.7 Å². The summed E-state index contributed by atoms with van der Waals surface area (Å²) in [5, 5.41) is 4.31. The highest BCUT2D eigenvalue weighted by atomic mass is 16.5. The second-order valence-electron chi connectivity index (χ2n) is 6.58. The van der Waals surface area contributed by atoms with Crippen molar-refractivity contribution in [3.8, 4) is 16.9 Å². The highest BCUT2D eigenvalue weighted by Gasteiger charge is 2.39. The summed E-state index contributed by atoms with van der Waals surface area (Å²) in [5.41, 5.74) is 9.86. The van der Waals surface area contributed by atoms with Crippen LogP contribution in [0, 0.1) is 0 Å². The standard InChI is InChI=1S/C21H21N5O/c1-14-20(22)25-21(24-14,18-12-23-26(2)13-18)17-8-4-6-15(10-17)16-7-5-9-19(11-16)27-3/h4-13H,1-3H3,(H2,22,25). The fourth-order valence-electron chi connectivity index (χ4n) is 3.32. The van der Waals surface area contributed by atoms with Crippen molar-refractivity contribution in [3.05, 3.63) is 72.1 Å². The van der Waals surface area contributed by atoms with Gasteiger partial charge in [-0.2, -0.15) is 5.10 Å². The lowest BCUT2D eigenvalue weighted by Gasteiger charge is -2.23. The molecule has 0 saturated heterocycles. The number of nitrogens with zero attached hydrogens (tertiary/aromatic N) is 4. The maximum absolute atomic E-state index is 6.10. The maximum atomic E-state index is 6.10. The molecule has 0 spiro atoms. The molecule has 3 aromatic rings. The Morgan fingerprint density at radius 1 is 1.00 bits per heavy atom. The number of rotatable bonds is 4. The molecule has 2 N–H and O–H groups in total. The molecule has 0 bridgehead atoms. The second-order valence-corrected chi connectivity index (χ2v) is 6.58. The molecule has 6 heteroatoms. The van der Waals surface area contributed by atoms with Gasteiger partial charge in [-0.25, -0.2) is 9.98 Å². The Kier molecular flexibility index (Phi) is 4.03. The Morgan fingerprint density at radius 3 is 2.37 bits per heavy atom. The molecule has 2 aromatic carbocycles. The smallest absolute Gasteiger partial charge is 0.207 e. The lowest BCUT2D eigenvalue weighted by Crippen LogP contribution is -2.21. The van der Waals surface area contributed by atoms with Gasteiger partial charge in [-0.05, 0) is 36.2 Å². The van der Waals surface area contributed by atoms with E-state index in [1.807, 2.05) is 50.5 Å². The molecule has 0 radical (unpaired) electrons. The second kappa shape index (κ2) is 6.39. The molecule has 2 heterocycles. The molecule has 0 fully saturated rings. The van der Waals surface area contributed by atoms with Gasteiger partial charge >= 0.3 is 0 Å². The van der Waals surface area contributed by atoms with Crippen LogP contribution in [-0.4, -0.2) is 28.4 Å². The number of nitrogens with two attached hydrogens (primary N) is 1. The molecule has 1 aromatic heterocycles. The van der Waals surface area contributed by atoms with Crippen molar-refractivity contribution >= 4 is 11.5 Å². The fraction of sp³-hybridized carbons (Fsp3) is 0.190. The Labute approximate surface area is 158 Å². The van der Waals surface area contributed by atoms with Crippen LogP contribution in [0.3, 0.4) is 0 Å². The van der Waals surface area contributed by atoms with Gasteiger partial charge in [0.25, 0.3) is 0 Å². The fourth-order valence-corrected chi connectivity index (χ4v) is 3.32. The van der Waals surface area contributed by atoms with Crippen molar-refractivity contribution in [3.63, 3.8) is 0 Å². The van der Waals surface area contributed by atoms with Crippen LogP contribution in [0.2, 0.25) is 0 Å². The Hall–Kier alpha value is -3.41. The first-order valence-electron chi connectivity index (χ1n) is 8.68. The number of benzene rings is 2. The predicted octanol–water partition coefficient (Wildman–Crippen LogP) is 3.13. The zero-order valence-corrected chi connectivity index (χ0v) is 15.5. The Bertz CT molecular complexity index is 1050. The van der Waals surface area contributed by atoms with Gasteiger partial charge in [0.1, 0.15) is 11.6 Å². The lowest BCUT2D eigenvalue weighted by atomic mass is 9.92. The summed E-state index contributed by atoms with van der Waals surface area (Å²) in [6.45, 7) is 1.88. The quantitative estimate of drug-likeness (QED) is 0.777. The minimum atomic E-state index is -0.905. The molecule has 0 aliphatic carbocycles. The average molecular weight is 359 g/mol. The normalized spacial score (nSPS) is 18.9. The van der Waals surface area contributed by atoms with Crippen LogP contribution in [0.4, 0.5) is 0 Å². The summed E-state index contributed by atoms with van der Waals surface area (Å²) in [4.78, 5) is 9.57. The SMILES string of the molecule is COc1cccc(-c2cccc(C3(c4cnn(C)c4)N=C(C)C(N)=N3)c2)c1. The first-order chi connectivity index (χ1) is 13.0. The first-order valence-corrected chi connectivity index (χ1v) is 8.68. The van der Waals surface area contributed by atoms with E-state index in [2.05, 4.69) is 23.3 Å². The van der Waals surface area contributed by atoms with Gasteiger partial charge in [0.15, 0.2) is 0 Å². The summed E-state index contributed by atoms with van der Waals surface area (Å²) in [5.74, 6) is 1.27. The van der Waals surface area contributed by atoms with E-state index >= 15 is 0 Å². The van der Waals surface area contributed by atoms with Crippen LogP contribution in [0.15, 0.2) is 70.9 Å². The zero-order chi connectivity index (χ0) is 19.0. The minimum Gasteiger partial charge on any atom is -0.497 e. The van der Waals surface area contributed by atoms with Crippen LogP contribution in [0.1, 0.15) is 18.1 Å². The van der Waals surface area contributed by atoms with Crippen LogP contribution in [-0.2, 0) is 12.7 Å². The summed E-state index contributed by atoms with van der Waals surface area (Å²) >= 11 is 0. The number of methoxy groups -OCH3 is 1. The predicted molar refractivity (Wildman–Crippen MR) is 107 cm³/mol. The number of hydrogen-bond donors (Lipinski definition) is 1. The van der Waals surface area contributed by atoms with Crippen molar-refractivity contribution in [2.75, 3.05) is 7.11 Å². The highest BCUT2D eigenvalue weighted by Crippen LogP contribution is 2.39. The third-order valence-electron chi connectivity index (χ3n) is 4.76. The molecule has 0 saturated carbocycles. The summed E-state index contributed by atoms with van der Waals surface area (Å²) in [6, 6.07) is 16.2. The van der Waals surface area contributed by atoms with Gasteiger partial charge < -0.3 is 10.5 Å². The van der Waals surface area contributed by atoms with E-state index in [1.54, 1.807) is 18.0 Å². The van der Waals surface area contributed by atoms with Gasteiger partial charge in [0, 0.05) is 24.4 Å². The third kappa shape index (κ3) is 2.89. The number of ether oxygens (including phenoxy) is 1. The van der Waals surface area contributed by atoms with E-state index in [9.17, 15) is 0 Å². The molecule has 6 nitrogen and oxygen atoms in total. The molecular formula is C21H21N5O. The third-order valence-corrected chi connectivity index (χ3v) is 4.76. The van der Waals surface area contributed by atoms with Gasteiger partial charge in [-0.1, -0.05) is 30.3 Å². The minimum absolute atomic E-state index is 0.450. The molecule has 136 valence electrons. The van der Waals surface area contributed by atoms with E-state index in [4.69, 9.17) is 20.5 Å².